The van der Waals surface area contributed by atoms with E-state index < -0.39 is 23.3 Å². The second kappa shape index (κ2) is 10.4. The summed E-state index contributed by atoms with van der Waals surface area (Å²) in [6.45, 7) is 8.21. The van der Waals surface area contributed by atoms with E-state index in [1.165, 1.54) is 6.08 Å². The lowest BCUT2D eigenvalue weighted by Gasteiger charge is -2.18. The van der Waals surface area contributed by atoms with Gasteiger partial charge in [0.15, 0.2) is 0 Å². The quantitative estimate of drug-likeness (QED) is 0.402. The Bertz CT molecular complexity index is 336. The molecule has 0 fully saturated rings. The van der Waals surface area contributed by atoms with Crippen molar-refractivity contribution in [3.05, 3.63) is 12.7 Å². The van der Waals surface area contributed by atoms with Crippen LogP contribution in [0.2, 0.25) is 0 Å². The first-order chi connectivity index (χ1) is 9.81. The second-order valence-electron chi connectivity index (χ2n) is 5.93. The molecule has 5 nitrogen and oxygen atoms in total. The number of hydrogen-bond donors (Lipinski definition) is 2. The zero-order chi connectivity index (χ0) is 16.3. The summed E-state index contributed by atoms with van der Waals surface area (Å²) < 4.78 is 5.46. The summed E-state index contributed by atoms with van der Waals surface area (Å²) in [4.78, 5) is 21.7. The van der Waals surface area contributed by atoms with E-state index in [-0.39, 0.29) is 0 Å². The molecule has 0 aliphatic rings. The van der Waals surface area contributed by atoms with Crippen LogP contribution in [0.1, 0.15) is 52.4 Å². The molecule has 0 aromatic rings. The van der Waals surface area contributed by atoms with E-state index in [0.29, 0.717) is 26.1 Å². The van der Waals surface area contributed by atoms with Gasteiger partial charge in [-0.3, -0.25) is 9.59 Å². The van der Waals surface area contributed by atoms with Gasteiger partial charge in [0.1, 0.15) is 0 Å². The maximum atomic E-state index is 10.9. The second-order valence-corrected chi connectivity index (χ2v) is 5.93. The summed E-state index contributed by atoms with van der Waals surface area (Å²) in [5.41, 5.74) is -0.670. The van der Waals surface area contributed by atoms with Crippen LogP contribution in [0.3, 0.4) is 0 Å². The SMILES string of the molecule is C=CC(CCCCOCCCCC(C)(C)C(=O)O)C(=O)O. The smallest absolute Gasteiger partial charge is 0.310 e. The summed E-state index contributed by atoms with van der Waals surface area (Å²) in [6.07, 6.45) is 6.01. The molecule has 0 aromatic carbocycles. The largest absolute Gasteiger partial charge is 0.481 e. The van der Waals surface area contributed by atoms with Gasteiger partial charge in [0.05, 0.1) is 11.3 Å². The van der Waals surface area contributed by atoms with E-state index in [0.717, 1.165) is 25.7 Å². The topological polar surface area (TPSA) is 83.8 Å². The minimum atomic E-state index is -0.827. The maximum Gasteiger partial charge on any atom is 0.310 e. The van der Waals surface area contributed by atoms with E-state index in [1.54, 1.807) is 13.8 Å². The van der Waals surface area contributed by atoms with Crippen molar-refractivity contribution in [1.82, 2.24) is 0 Å². The highest BCUT2D eigenvalue weighted by Gasteiger charge is 2.25. The molecule has 1 unspecified atom stereocenters. The van der Waals surface area contributed by atoms with E-state index in [4.69, 9.17) is 14.9 Å². The van der Waals surface area contributed by atoms with Gasteiger partial charge in [-0.2, -0.15) is 0 Å². The summed E-state index contributed by atoms with van der Waals surface area (Å²) in [6, 6.07) is 0. The number of carbonyl (C=O) groups is 2. The van der Waals surface area contributed by atoms with Crippen LogP contribution < -0.4 is 0 Å². The molecule has 0 aliphatic carbocycles. The first-order valence-electron chi connectivity index (χ1n) is 7.47. The lowest BCUT2D eigenvalue weighted by molar-refractivity contribution is -0.147. The van der Waals surface area contributed by atoms with Gasteiger partial charge in [-0.15, -0.1) is 6.58 Å². The highest BCUT2D eigenvalue weighted by molar-refractivity contribution is 5.73. The average molecular weight is 300 g/mol. The lowest BCUT2D eigenvalue weighted by atomic mass is 9.87. The molecule has 0 rings (SSSR count). The Morgan fingerprint density at radius 2 is 1.71 bits per heavy atom. The molecule has 21 heavy (non-hydrogen) atoms. The summed E-state index contributed by atoms with van der Waals surface area (Å²) in [5, 5.41) is 17.8. The van der Waals surface area contributed by atoms with Crippen LogP contribution in [0.4, 0.5) is 0 Å². The van der Waals surface area contributed by atoms with Crippen LogP contribution in [0.5, 0.6) is 0 Å². The zero-order valence-electron chi connectivity index (χ0n) is 13.1. The summed E-state index contributed by atoms with van der Waals surface area (Å²) in [5.74, 6) is -2.06. The highest BCUT2D eigenvalue weighted by atomic mass is 16.5. The third-order valence-electron chi connectivity index (χ3n) is 3.57. The molecule has 0 aromatic heterocycles. The van der Waals surface area contributed by atoms with Crippen LogP contribution in [0.15, 0.2) is 12.7 Å². The van der Waals surface area contributed by atoms with Crippen LogP contribution in [-0.2, 0) is 14.3 Å². The molecule has 2 N–H and O–H groups in total. The predicted molar refractivity (Wildman–Crippen MR) is 81.3 cm³/mol. The Morgan fingerprint density at radius 1 is 1.14 bits per heavy atom. The van der Waals surface area contributed by atoms with E-state index in [9.17, 15) is 9.59 Å². The van der Waals surface area contributed by atoms with Crippen LogP contribution in [0, 0.1) is 11.3 Å². The van der Waals surface area contributed by atoms with Gasteiger partial charge < -0.3 is 14.9 Å². The van der Waals surface area contributed by atoms with Crippen molar-refractivity contribution >= 4 is 11.9 Å². The third kappa shape index (κ3) is 9.24. The predicted octanol–water partition coefficient (Wildman–Crippen LogP) is 3.34. The maximum absolute atomic E-state index is 10.9. The van der Waals surface area contributed by atoms with Crippen molar-refractivity contribution in [2.45, 2.75) is 52.4 Å². The Kier molecular flexibility index (Phi) is 9.71. The van der Waals surface area contributed by atoms with Gasteiger partial charge in [-0.1, -0.05) is 12.5 Å². The number of carboxylic acids is 2. The molecule has 0 heterocycles. The number of aliphatic carboxylic acids is 2. The first kappa shape index (κ1) is 19.6. The van der Waals surface area contributed by atoms with Gasteiger partial charge >= 0.3 is 11.9 Å². The molecule has 0 spiro atoms. The molecule has 0 aliphatic heterocycles. The lowest BCUT2D eigenvalue weighted by Crippen LogP contribution is -2.23. The van der Waals surface area contributed by atoms with Gasteiger partial charge in [0, 0.05) is 13.2 Å². The normalized spacial score (nSPS) is 12.9. The first-order valence-corrected chi connectivity index (χ1v) is 7.47. The molecule has 0 bridgehead atoms. The number of carboxylic acid groups (broad SMARTS) is 2. The molecule has 0 saturated carbocycles. The molecule has 1 atom stereocenters. The fourth-order valence-corrected chi connectivity index (χ4v) is 1.89. The Hall–Kier alpha value is -1.36. The van der Waals surface area contributed by atoms with E-state index >= 15 is 0 Å². The molecule has 122 valence electrons. The molecular formula is C16H28O5. The summed E-state index contributed by atoms with van der Waals surface area (Å²) in [7, 11) is 0. The monoisotopic (exact) mass is 300 g/mol. The van der Waals surface area contributed by atoms with Crippen molar-refractivity contribution in [1.29, 1.82) is 0 Å². The van der Waals surface area contributed by atoms with Crippen molar-refractivity contribution in [3.8, 4) is 0 Å². The van der Waals surface area contributed by atoms with Crippen molar-refractivity contribution in [2.75, 3.05) is 13.2 Å². The molecule has 0 amide bonds. The van der Waals surface area contributed by atoms with E-state index in [1.807, 2.05) is 0 Å². The molecule has 5 heteroatoms. The van der Waals surface area contributed by atoms with Gasteiger partial charge in [-0.25, -0.2) is 0 Å². The molecule has 0 radical (unpaired) electrons. The van der Waals surface area contributed by atoms with Gasteiger partial charge in [0.25, 0.3) is 0 Å². The minimum absolute atomic E-state index is 0.469. The van der Waals surface area contributed by atoms with Crippen LogP contribution in [0.25, 0.3) is 0 Å². The molecular weight excluding hydrogens is 272 g/mol. The fraction of sp³-hybridized carbons (Fsp3) is 0.750. The van der Waals surface area contributed by atoms with Crippen molar-refractivity contribution in [2.24, 2.45) is 11.3 Å². The van der Waals surface area contributed by atoms with E-state index in [2.05, 4.69) is 6.58 Å². The number of ether oxygens (including phenoxy) is 1. The number of rotatable bonds is 13. The van der Waals surface area contributed by atoms with Crippen LogP contribution >= 0.6 is 0 Å². The Morgan fingerprint density at radius 3 is 2.19 bits per heavy atom. The number of unbranched alkanes of at least 4 members (excludes halogenated alkanes) is 2. The Labute approximate surface area is 127 Å². The summed E-state index contributed by atoms with van der Waals surface area (Å²) >= 11 is 0. The zero-order valence-corrected chi connectivity index (χ0v) is 13.1. The third-order valence-corrected chi connectivity index (χ3v) is 3.57. The Balaban J connectivity index is 3.47. The highest BCUT2D eigenvalue weighted by Crippen LogP contribution is 2.23. The number of hydrogen-bond acceptors (Lipinski definition) is 3. The van der Waals surface area contributed by atoms with Crippen LogP contribution in [-0.4, -0.2) is 35.4 Å². The fourth-order valence-electron chi connectivity index (χ4n) is 1.89. The van der Waals surface area contributed by atoms with Gasteiger partial charge in [-0.05, 0) is 46.0 Å². The average Bonchev–Trinajstić information content (AvgIpc) is 2.40. The minimum Gasteiger partial charge on any atom is -0.481 e. The van der Waals surface area contributed by atoms with Crippen molar-refractivity contribution < 1.29 is 24.5 Å². The standard InChI is InChI=1S/C16H28O5/c1-4-13(14(17)18)9-5-7-11-21-12-8-6-10-16(2,3)15(19)20/h4,13H,1,5-12H2,2-3H3,(H,17,18)(H,19,20). The molecule has 0 saturated heterocycles. The van der Waals surface area contributed by atoms with Crippen molar-refractivity contribution in [3.63, 3.8) is 0 Å². The van der Waals surface area contributed by atoms with Gasteiger partial charge in [0.2, 0.25) is 0 Å².